The fourth-order valence-corrected chi connectivity index (χ4v) is 1.38. The normalized spacial score (nSPS) is 12.8. The Hall–Kier alpha value is -1.55. The second-order valence-corrected chi connectivity index (χ2v) is 5.24. The van der Waals surface area contributed by atoms with Crippen LogP contribution in [-0.4, -0.2) is 25.5 Å². The van der Waals surface area contributed by atoms with Crippen molar-refractivity contribution in [1.82, 2.24) is 0 Å². The number of ether oxygens (including phenoxy) is 3. The van der Waals surface area contributed by atoms with Crippen molar-refractivity contribution in [3.8, 4) is 5.75 Å². The minimum absolute atomic E-state index is 0.239. The molecule has 0 saturated heterocycles. The highest BCUT2D eigenvalue weighted by molar-refractivity contribution is 5.75. The van der Waals surface area contributed by atoms with E-state index in [1.54, 1.807) is 6.92 Å². The van der Waals surface area contributed by atoms with Gasteiger partial charge in [0.05, 0.1) is 12.0 Å². The van der Waals surface area contributed by atoms with E-state index in [-0.39, 0.29) is 5.97 Å². The monoisotopic (exact) mass is 280 g/mol. The molecule has 1 atom stereocenters. The minimum Gasteiger partial charge on any atom is -0.491 e. The predicted octanol–water partition coefficient (Wildman–Crippen LogP) is 3.41. The van der Waals surface area contributed by atoms with Crippen molar-refractivity contribution in [2.24, 2.45) is 5.41 Å². The van der Waals surface area contributed by atoms with Crippen LogP contribution in [0.2, 0.25) is 0 Å². The largest absolute Gasteiger partial charge is 0.491 e. The lowest BCUT2D eigenvalue weighted by Crippen LogP contribution is -2.30. The van der Waals surface area contributed by atoms with Gasteiger partial charge in [-0.2, -0.15) is 0 Å². The van der Waals surface area contributed by atoms with Crippen LogP contribution in [0.3, 0.4) is 0 Å². The molecule has 4 heteroatoms. The molecule has 0 N–H and O–H groups in total. The molecule has 0 aliphatic rings. The molecular formula is C16H24O4. The Kier molecular flexibility index (Phi) is 6.52. The van der Waals surface area contributed by atoms with Crippen LogP contribution in [0, 0.1) is 5.41 Å². The van der Waals surface area contributed by atoms with E-state index in [0.29, 0.717) is 13.2 Å². The molecule has 20 heavy (non-hydrogen) atoms. The van der Waals surface area contributed by atoms with Crippen molar-refractivity contribution in [3.63, 3.8) is 0 Å². The molecule has 0 bridgehead atoms. The van der Waals surface area contributed by atoms with Crippen LogP contribution >= 0.6 is 0 Å². The maximum atomic E-state index is 11.8. The Morgan fingerprint density at radius 2 is 1.85 bits per heavy atom. The second-order valence-electron chi connectivity index (χ2n) is 5.24. The SMILES string of the molecule is CCC(C)(C)C(=O)OC(C)OCCOc1ccccc1. The molecule has 1 aromatic rings. The number of benzene rings is 1. The molecule has 0 fully saturated rings. The number of esters is 1. The molecule has 0 saturated carbocycles. The van der Waals surface area contributed by atoms with Gasteiger partial charge in [-0.05, 0) is 39.3 Å². The van der Waals surface area contributed by atoms with Crippen LogP contribution in [0.1, 0.15) is 34.1 Å². The van der Waals surface area contributed by atoms with Crippen LogP contribution in [0.4, 0.5) is 0 Å². The van der Waals surface area contributed by atoms with Gasteiger partial charge >= 0.3 is 5.97 Å². The zero-order chi connectivity index (χ0) is 15.0. The van der Waals surface area contributed by atoms with Crippen molar-refractivity contribution in [1.29, 1.82) is 0 Å². The third-order valence-corrected chi connectivity index (χ3v) is 3.16. The first-order chi connectivity index (χ1) is 9.45. The third-order valence-electron chi connectivity index (χ3n) is 3.16. The van der Waals surface area contributed by atoms with Crippen molar-refractivity contribution >= 4 is 5.97 Å². The molecule has 1 unspecified atom stereocenters. The van der Waals surface area contributed by atoms with Crippen LogP contribution in [0.25, 0.3) is 0 Å². The van der Waals surface area contributed by atoms with Crippen LogP contribution in [0.15, 0.2) is 30.3 Å². The summed E-state index contributed by atoms with van der Waals surface area (Å²) in [6.45, 7) is 8.19. The molecule has 112 valence electrons. The highest BCUT2D eigenvalue weighted by atomic mass is 16.7. The number of para-hydroxylation sites is 1. The van der Waals surface area contributed by atoms with Gasteiger partial charge in [0, 0.05) is 0 Å². The Bertz CT molecular complexity index is 400. The van der Waals surface area contributed by atoms with E-state index < -0.39 is 11.7 Å². The van der Waals surface area contributed by atoms with Gasteiger partial charge < -0.3 is 14.2 Å². The van der Waals surface area contributed by atoms with E-state index >= 15 is 0 Å². The summed E-state index contributed by atoms with van der Waals surface area (Å²) in [5.74, 6) is 0.560. The number of hydrogen-bond donors (Lipinski definition) is 0. The molecule has 0 aromatic heterocycles. The van der Waals surface area contributed by atoms with E-state index in [1.165, 1.54) is 0 Å². The number of rotatable bonds is 8. The first-order valence-corrected chi connectivity index (χ1v) is 6.96. The molecule has 1 aromatic carbocycles. The summed E-state index contributed by atoms with van der Waals surface area (Å²) in [5.41, 5.74) is -0.474. The minimum atomic E-state index is -0.562. The highest BCUT2D eigenvalue weighted by Crippen LogP contribution is 2.22. The Labute approximate surface area is 121 Å². The summed E-state index contributed by atoms with van der Waals surface area (Å²) in [6, 6.07) is 9.52. The summed E-state index contributed by atoms with van der Waals surface area (Å²) in [7, 11) is 0. The number of carbonyl (C=O) groups excluding carboxylic acids is 1. The number of carbonyl (C=O) groups is 1. The topological polar surface area (TPSA) is 44.8 Å². The Balaban J connectivity index is 2.20. The summed E-state index contributed by atoms with van der Waals surface area (Å²) in [5, 5.41) is 0. The molecule has 0 aliphatic heterocycles. The van der Waals surface area contributed by atoms with Gasteiger partial charge in [-0.15, -0.1) is 0 Å². The summed E-state index contributed by atoms with van der Waals surface area (Å²) in [6.07, 6.45) is 0.170. The molecule has 0 aliphatic carbocycles. The van der Waals surface area contributed by atoms with E-state index in [1.807, 2.05) is 51.1 Å². The van der Waals surface area contributed by atoms with Gasteiger partial charge in [0.25, 0.3) is 0 Å². The van der Waals surface area contributed by atoms with Gasteiger partial charge in [0.15, 0.2) is 6.29 Å². The molecule has 0 amide bonds. The van der Waals surface area contributed by atoms with Crippen LogP contribution < -0.4 is 4.74 Å². The quantitative estimate of drug-likeness (QED) is 0.416. The molecule has 0 spiro atoms. The van der Waals surface area contributed by atoms with E-state index in [0.717, 1.165) is 12.2 Å². The summed E-state index contributed by atoms with van der Waals surface area (Å²) < 4.78 is 16.1. The van der Waals surface area contributed by atoms with Crippen molar-refractivity contribution in [2.75, 3.05) is 13.2 Å². The Morgan fingerprint density at radius 3 is 2.45 bits per heavy atom. The zero-order valence-corrected chi connectivity index (χ0v) is 12.7. The average molecular weight is 280 g/mol. The smallest absolute Gasteiger partial charge is 0.313 e. The van der Waals surface area contributed by atoms with Crippen LogP contribution in [0.5, 0.6) is 5.75 Å². The third kappa shape index (κ3) is 5.61. The molecule has 0 heterocycles. The van der Waals surface area contributed by atoms with E-state index in [4.69, 9.17) is 14.2 Å². The standard InChI is InChI=1S/C16H24O4/c1-5-16(3,4)15(17)20-13(2)18-11-12-19-14-9-7-6-8-10-14/h6-10,13H,5,11-12H2,1-4H3. The molecule has 1 rings (SSSR count). The van der Waals surface area contributed by atoms with E-state index in [2.05, 4.69) is 0 Å². The summed E-state index contributed by atoms with van der Waals surface area (Å²) in [4.78, 5) is 11.8. The molecule has 0 radical (unpaired) electrons. The van der Waals surface area contributed by atoms with Gasteiger partial charge in [-0.3, -0.25) is 4.79 Å². The molecular weight excluding hydrogens is 256 g/mol. The lowest BCUT2D eigenvalue weighted by atomic mass is 9.91. The second kappa shape index (κ2) is 7.90. The predicted molar refractivity (Wildman–Crippen MR) is 77.5 cm³/mol. The fourth-order valence-electron chi connectivity index (χ4n) is 1.38. The summed E-state index contributed by atoms with van der Waals surface area (Å²) >= 11 is 0. The van der Waals surface area contributed by atoms with Crippen LogP contribution in [-0.2, 0) is 14.3 Å². The first-order valence-electron chi connectivity index (χ1n) is 6.96. The van der Waals surface area contributed by atoms with Gasteiger partial charge in [-0.25, -0.2) is 0 Å². The highest BCUT2D eigenvalue weighted by Gasteiger charge is 2.28. The van der Waals surface area contributed by atoms with Crippen molar-refractivity contribution in [3.05, 3.63) is 30.3 Å². The molecule has 4 nitrogen and oxygen atoms in total. The maximum Gasteiger partial charge on any atom is 0.313 e. The van der Waals surface area contributed by atoms with Gasteiger partial charge in [0.2, 0.25) is 0 Å². The van der Waals surface area contributed by atoms with Gasteiger partial charge in [0.1, 0.15) is 12.4 Å². The van der Waals surface area contributed by atoms with Crippen molar-refractivity contribution in [2.45, 2.75) is 40.4 Å². The first kappa shape index (κ1) is 16.5. The van der Waals surface area contributed by atoms with E-state index in [9.17, 15) is 4.79 Å². The maximum absolute atomic E-state index is 11.8. The lowest BCUT2D eigenvalue weighted by molar-refractivity contribution is -0.185. The van der Waals surface area contributed by atoms with Gasteiger partial charge in [-0.1, -0.05) is 25.1 Å². The Morgan fingerprint density at radius 1 is 1.20 bits per heavy atom. The zero-order valence-electron chi connectivity index (χ0n) is 12.7. The lowest BCUT2D eigenvalue weighted by Gasteiger charge is -2.23. The number of hydrogen-bond acceptors (Lipinski definition) is 4. The fraction of sp³-hybridized carbons (Fsp3) is 0.562. The van der Waals surface area contributed by atoms with Crippen molar-refractivity contribution < 1.29 is 19.0 Å². The average Bonchev–Trinajstić information content (AvgIpc) is 2.44.